The molecule has 0 aliphatic rings. The van der Waals surface area contributed by atoms with Crippen LogP contribution in [0.2, 0.25) is 0 Å². The molecule has 0 heterocycles. The van der Waals surface area contributed by atoms with Crippen LogP contribution in [0.1, 0.15) is 24.1 Å². The number of benzene rings is 2. The Morgan fingerprint density at radius 3 is 2.48 bits per heavy atom. The molecule has 0 aliphatic carbocycles. The molecule has 1 nitrogen and oxygen atoms in total. The molecule has 0 aliphatic heterocycles. The molecule has 2 rings (SSSR count). The summed E-state index contributed by atoms with van der Waals surface area (Å²) in [5.74, 6) is -0.461. The van der Waals surface area contributed by atoms with Crippen molar-refractivity contribution < 1.29 is 17.6 Å². The van der Waals surface area contributed by atoms with Gasteiger partial charge >= 0.3 is 6.18 Å². The van der Waals surface area contributed by atoms with Gasteiger partial charge in [0.1, 0.15) is 5.82 Å². The van der Waals surface area contributed by atoms with Crippen LogP contribution in [-0.2, 0) is 6.18 Å². The summed E-state index contributed by atoms with van der Waals surface area (Å²) in [6, 6.07) is 8.90. The second kappa shape index (κ2) is 6.05. The molecule has 1 atom stereocenters. The first-order valence-electron chi connectivity index (χ1n) is 6.16. The van der Waals surface area contributed by atoms with Crippen LogP contribution >= 0.6 is 15.9 Å². The third-order valence-corrected chi connectivity index (χ3v) is 3.51. The van der Waals surface area contributed by atoms with Crippen LogP contribution in [0.15, 0.2) is 46.9 Å². The monoisotopic (exact) mass is 361 g/mol. The Balaban J connectivity index is 2.24. The van der Waals surface area contributed by atoms with Crippen LogP contribution in [-0.4, -0.2) is 0 Å². The van der Waals surface area contributed by atoms with Crippen molar-refractivity contribution in [1.82, 2.24) is 0 Å². The lowest BCUT2D eigenvalue weighted by Gasteiger charge is -2.18. The van der Waals surface area contributed by atoms with Crippen LogP contribution in [0.4, 0.5) is 23.2 Å². The van der Waals surface area contributed by atoms with Gasteiger partial charge in [0.2, 0.25) is 0 Å². The van der Waals surface area contributed by atoms with Gasteiger partial charge in [0.05, 0.1) is 11.3 Å². The van der Waals surface area contributed by atoms with Crippen molar-refractivity contribution in [2.45, 2.75) is 19.1 Å². The summed E-state index contributed by atoms with van der Waals surface area (Å²) in [4.78, 5) is 0. The average Bonchev–Trinajstić information content (AvgIpc) is 2.42. The summed E-state index contributed by atoms with van der Waals surface area (Å²) in [7, 11) is 0. The summed E-state index contributed by atoms with van der Waals surface area (Å²) in [5, 5.41) is 2.87. The maximum atomic E-state index is 13.7. The highest BCUT2D eigenvalue weighted by Gasteiger charge is 2.30. The Morgan fingerprint density at radius 1 is 1.10 bits per heavy atom. The van der Waals surface area contributed by atoms with Crippen molar-refractivity contribution in [3.8, 4) is 0 Å². The fourth-order valence-corrected chi connectivity index (χ4v) is 2.27. The first-order valence-corrected chi connectivity index (χ1v) is 6.95. The van der Waals surface area contributed by atoms with E-state index in [2.05, 4.69) is 21.2 Å². The van der Waals surface area contributed by atoms with Gasteiger partial charge in [0.25, 0.3) is 0 Å². The fraction of sp³-hybridized carbons (Fsp3) is 0.200. The topological polar surface area (TPSA) is 12.0 Å². The lowest BCUT2D eigenvalue weighted by Crippen LogP contribution is -2.10. The molecule has 1 unspecified atom stereocenters. The zero-order valence-corrected chi connectivity index (χ0v) is 12.6. The summed E-state index contributed by atoms with van der Waals surface area (Å²) < 4.78 is 52.4. The van der Waals surface area contributed by atoms with Crippen molar-refractivity contribution in [2.24, 2.45) is 0 Å². The molecule has 2 aromatic carbocycles. The SMILES string of the molecule is CC(Nc1cc(Br)ccc1F)c1cccc(C(F)(F)F)c1. The van der Waals surface area contributed by atoms with E-state index in [4.69, 9.17) is 0 Å². The number of rotatable bonds is 3. The third kappa shape index (κ3) is 3.97. The van der Waals surface area contributed by atoms with Crippen molar-refractivity contribution in [3.05, 3.63) is 63.9 Å². The van der Waals surface area contributed by atoms with E-state index in [1.807, 2.05) is 0 Å². The second-order valence-corrected chi connectivity index (χ2v) is 5.53. The Hall–Kier alpha value is -1.56. The molecule has 0 radical (unpaired) electrons. The second-order valence-electron chi connectivity index (χ2n) is 4.61. The predicted octanol–water partition coefficient (Wildman–Crippen LogP) is 5.78. The van der Waals surface area contributed by atoms with E-state index < -0.39 is 23.6 Å². The molecule has 112 valence electrons. The highest BCUT2D eigenvalue weighted by molar-refractivity contribution is 9.10. The third-order valence-electron chi connectivity index (χ3n) is 3.01. The minimum Gasteiger partial charge on any atom is -0.376 e. The number of hydrogen-bond acceptors (Lipinski definition) is 1. The zero-order valence-electron chi connectivity index (χ0n) is 11.0. The zero-order chi connectivity index (χ0) is 15.6. The van der Waals surface area contributed by atoms with Crippen LogP contribution in [0.25, 0.3) is 0 Å². The molecule has 0 fully saturated rings. The van der Waals surface area contributed by atoms with Gasteiger partial charge in [-0.15, -0.1) is 0 Å². The quantitative estimate of drug-likeness (QED) is 0.683. The van der Waals surface area contributed by atoms with E-state index in [0.29, 0.717) is 10.0 Å². The van der Waals surface area contributed by atoms with Gasteiger partial charge in [0, 0.05) is 10.5 Å². The standard InChI is InChI=1S/C15H12BrF4N/c1-9(21-14-8-12(16)5-6-13(14)17)10-3-2-4-11(7-10)15(18,19)20/h2-9,21H,1H3. The van der Waals surface area contributed by atoms with Gasteiger partial charge in [-0.3, -0.25) is 0 Å². The number of halogens is 5. The molecule has 0 spiro atoms. The van der Waals surface area contributed by atoms with E-state index in [9.17, 15) is 17.6 Å². The van der Waals surface area contributed by atoms with E-state index in [-0.39, 0.29) is 5.69 Å². The van der Waals surface area contributed by atoms with Gasteiger partial charge in [0.15, 0.2) is 0 Å². The average molecular weight is 362 g/mol. The molecule has 2 aromatic rings. The van der Waals surface area contributed by atoms with Gasteiger partial charge < -0.3 is 5.32 Å². The number of nitrogens with one attached hydrogen (secondary N) is 1. The largest absolute Gasteiger partial charge is 0.416 e. The maximum Gasteiger partial charge on any atom is 0.416 e. The first kappa shape index (κ1) is 15.8. The molecule has 0 amide bonds. The van der Waals surface area contributed by atoms with Crippen molar-refractivity contribution in [2.75, 3.05) is 5.32 Å². The number of hydrogen-bond donors (Lipinski definition) is 1. The molecule has 0 aromatic heterocycles. The predicted molar refractivity (Wildman–Crippen MR) is 77.6 cm³/mol. The smallest absolute Gasteiger partial charge is 0.376 e. The normalized spacial score (nSPS) is 13.0. The Morgan fingerprint density at radius 2 is 1.81 bits per heavy atom. The Labute approximate surface area is 128 Å². The molecular formula is C15H12BrF4N. The van der Waals surface area contributed by atoms with Gasteiger partial charge in [-0.25, -0.2) is 4.39 Å². The van der Waals surface area contributed by atoms with E-state index in [1.165, 1.54) is 12.1 Å². The number of anilines is 1. The summed E-state index contributed by atoms with van der Waals surface area (Å²) in [5.41, 5.74) is -0.0538. The lowest BCUT2D eigenvalue weighted by molar-refractivity contribution is -0.137. The van der Waals surface area contributed by atoms with E-state index in [0.717, 1.165) is 12.1 Å². The molecule has 0 saturated heterocycles. The molecular weight excluding hydrogens is 350 g/mol. The van der Waals surface area contributed by atoms with E-state index >= 15 is 0 Å². The van der Waals surface area contributed by atoms with Gasteiger partial charge in [-0.2, -0.15) is 13.2 Å². The molecule has 6 heteroatoms. The van der Waals surface area contributed by atoms with Crippen molar-refractivity contribution in [3.63, 3.8) is 0 Å². The first-order chi connectivity index (χ1) is 9.77. The summed E-state index contributed by atoms with van der Waals surface area (Å²) >= 11 is 3.22. The molecule has 0 saturated carbocycles. The van der Waals surface area contributed by atoms with Crippen molar-refractivity contribution in [1.29, 1.82) is 0 Å². The van der Waals surface area contributed by atoms with Gasteiger partial charge in [-0.1, -0.05) is 28.1 Å². The minimum atomic E-state index is -4.39. The van der Waals surface area contributed by atoms with Crippen LogP contribution in [0.3, 0.4) is 0 Å². The summed E-state index contributed by atoms with van der Waals surface area (Å²) in [6.07, 6.45) is -4.39. The van der Waals surface area contributed by atoms with Crippen LogP contribution in [0, 0.1) is 5.82 Å². The van der Waals surface area contributed by atoms with Crippen LogP contribution in [0.5, 0.6) is 0 Å². The molecule has 0 bridgehead atoms. The minimum absolute atomic E-state index is 0.231. The highest BCUT2D eigenvalue weighted by Crippen LogP contribution is 2.32. The fourth-order valence-electron chi connectivity index (χ4n) is 1.91. The summed E-state index contributed by atoms with van der Waals surface area (Å²) in [6.45, 7) is 1.68. The molecule has 21 heavy (non-hydrogen) atoms. The number of alkyl halides is 3. The Bertz CT molecular complexity index is 640. The molecule has 1 N–H and O–H groups in total. The van der Waals surface area contributed by atoms with E-state index in [1.54, 1.807) is 25.1 Å². The van der Waals surface area contributed by atoms with Crippen molar-refractivity contribution >= 4 is 21.6 Å². The Kier molecular flexibility index (Phi) is 4.56. The maximum absolute atomic E-state index is 13.7. The van der Waals surface area contributed by atoms with Gasteiger partial charge in [-0.05, 0) is 42.8 Å². The highest BCUT2D eigenvalue weighted by atomic mass is 79.9. The van der Waals surface area contributed by atoms with Crippen LogP contribution < -0.4 is 5.32 Å². The lowest BCUT2D eigenvalue weighted by atomic mass is 10.0.